The van der Waals surface area contributed by atoms with Crippen LogP contribution in [0.3, 0.4) is 0 Å². The van der Waals surface area contributed by atoms with Gasteiger partial charge >= 0.3 is 0 Å². The van der Waals surface area contributed by atoms with Gasteiger partial charge in [0.05, 0.1) is 6.26 Å². The van der Waals surface area contributed by atoms with E-state index < -0.39 is 0 Å². The fourth-order valence-electron chi connectivity index (χ4n) is 3.17. The smallest absolute Gasteiger partial charge is 0.138 e. The maximum absolute atomic E-state index is 5.70. The maximum atomic E-state index is 5.70. The highest BCUT2D eigenvalue weighted by Gasteiger charge is 2.34. The van der Waals surface area contributed by atoms with Crippen molar-refractivity contribution < 1.29 is 4.42 Å². The Morgan fingerprint density at radius 1 is 1.22 bits per heavy atom. The van der Waals surface area contributed by atoms with Gasteiger partial charge in [-0.15, -0.1) is 0 Å². The molecule has 1 aliphatic rings. The lowest BCUT2D eigenvalue weighted by Gasteiger charge is -2.37. The van der Waals surface area contributed by atoms with Crippen molar-refractivity contribution >= 4 is 11.0 Å². The molecular weight excluding hydrogens is 222 g/mol. The molecule has 1 unspecified atom stereocenters. The minimum absolute atomic E-state index is 0.218. The molecule has 1 aromatic carbocycles. The van der Waals surface area contributed by atoms with Crippen LogP contribution >= 0.6 is 0 Å². The summed E-state index contributed by atoms with van der Waals surface area (Å²) >= 11 is 0. The maximum Gasteiger partial charge on any atom is 0.138 e. The Morgan fingerprint density at radius 2 is 2.06 bits per heavy atom. The molecule has 2 nitrogen and oxygen atoms in total. The summed E-state index contributed by atoms with van der Waals surface area (Å²) in [6, 6.07) is 9.04. The van der Waals surface area contributed by atoms with Crippen molar-refractivity contribution in [1.82, 2.24) is 4.90 Å². The Kier molecular flexibility index (Phi) is 2.70. The predicted octanol–water partition coefficient (Wildman–Crippen LogP) is 4.37. The highest BCUT2D eigenvalue weighted by Crippen LogP contribution is 2.39. The van der Waals surface area contributed by atoms with Crippen molar-refractivity contribution in [2.24, 2.45) is 0 Å². The van der Waals surface area contributed by atoms with Crippen LogP contribution in [0.4, 0.5) is 0 Å². The second kappa shape index (κ2) is 4.13. The molecule has 0 aliphatic carbocycles. The molecule has 0 N–H and O–H groups in total. The molecule has 2 heteroatoms. The first-order valence-corrected chi connectivity index (χ1v) is 6.80. The summed E-state index contributed by atoms with van der Waals surface area (Å²) in [4.78, 5) is 2.60. The molecule has 1 fully saturated rings. The third-order valence-corrected chi connectivity index (χ3v) is 3.98. The molecular formula is C16H21NO. The van der Waals surface area contributed by atoms with Crippen molar-refractivity contribution in [3.63, 3.8) is 0 Å². The molecule has 0 bridgehead atoms. The largest absolute Gasteiger partial charge is 0.464 e. The van der Waals surface area contributed by atoms with Gasteiger partial charge in [0.15, 0.2) is 0 Å². The number of rotatable bonds is 1. The zero-order valence-corrected chi connectivity index (χ0v) is 11.4. The SMILES string of the molecule is CC(C)(C)N1CCCC1c1cccc2ccoc12. The van der Waals surface area contributed by atoms with Crippen molar-refractivity contribution in [3.8, 4) is 0 Å². The summed E-state index contributed by atoms with van der Waals surface area (Å²) in [5.41, 5.74) is 2.64. The topological polar surface area (TPSA) is 16.4 Å². The minimum Gasteiger partial charge on any atom is -0.464 e. The Balaban J connectivity index is 2.06. The van der Waals surface area contributed by atoms with Crippen LogP contribution in [-0.2, 0) is 0 Å². The number of hydrogen-bond donors (Lipinski definition) is 0. The fourth-order valence-corrected chi connectivity index (χ4v) is 3.17. The van der Waals surface area contributed by atoms with Crippen LogP contribution < -0.4 is 0 Å². The molecule has 1 aromatic heterocycles. The van der Waals surface area contributed by atoms with E-state index >= 15 is 0 Å². The lowest BCUT2D eigenvalue weighted by molar-refractivity contribution is 0.122. The van der Waals surface area contributed by atoms with Gasteiger partial charge in [-0.2, -0.15) is 0 Å². The molecule has 96 valence electrons. The molecule has 0 saturated carbocycles. The molecule has 18 heavy (non-hydrogen) atoms. The summed E-state index contributed by atoms with van der Waals surface area (Å²) in [6.07, 6.45) is 4.31. The van der Waals surface area contributed by atoms with E-state index in [0.717, 1.165) is 5.58 Å². The zero-order valence-electron chi connectivity index (χ0n) is 11.4. The monoisotopic (exact) mass is 243 g/mol. The lowest BCUT2D eigenvalue weighted by Crippen LogP contribution is -2.40. The average molecular weight is 243 g/mol. The Hall–Kier alpha value is -1.28. The molecule has 1 saturated heterocycles. The van der Waals surface area contributed by atoms with E-state index in [9.17, 15) is 0 Å². The molecule has 1 atom stereocenters. The number of furan rings is 1. The van der Waals surface area contributed by atoms with Crippen LogP contribution in [0.5, 0.6) is 0 Å². The van der Waals surface area contributed by atoms with E-state index in [-0.39, 0.29) is 5.54 Å². The number of benzene rings is 1. The molecule has 1 aliphatic heterocycles. The summed E-state index contributed by atoms with van der Waals surface area (Å²) in [5.74, 6) is 0. The van der Waals surface area contributed by atoms with Gasteiger partial charge in [-0.25, -0.2) is 0 Å². The fraction of sp³-hybridized carbons (Fsp3) is 0.500. The molecule has 3 rings (SSSR count). The van der Waals surface area contributed by atoms with Crippen molar-refractivity contribution in [1.29, 1.82) is 0 Å². The number of nitrogens with zero attached hydrogens (tertiary/aromatic N) is 1. The van der Waals surface area contributed by atoms with E-state index in [1.807, 2.05) is 0 Å². The number of para-hydroxylation sites is 1. The van der Waals surface area contributed by atoms with E-state index in [1.165, 1.54) is 30.3 Å². The quantitative estimate of drug-likeness (QED) is 0.739. The third kappa shape index (κ3) is 1.85. The summed E-state index contributed by atoms with van der Waals surface area (Å²) in [6.45, 7) is 8.08. The lowest BCUT2D eigenvalue weighted by atomic mass is 9.98. The second-order valence-electron chi connectivity index (χ2n) is 6.21. The normalized spacial score (nSPS) is 21.8. The first-order valence-electron chi connectivity index (χ1n) is 6.80. The first-order chi connectivity index (χ1) is 8.57. The Labute approximate surface area is 109 Å². The third-order valence-electron chi connectivity index (χ3n) is 3.98. The van der Waals surface area contributed by atoms with Crippen LogP contribution in [0.25, 0.3) is 11.0 Å². The van der Waals surface area contributed by atoms with Gasteiger partial charge in [0.1, 0.15) is 5.58 Å². The van der Waals surface area contributed by atoms with Gasteiger partial charge in [0, 0.05) is 22.5 Å². The highest BCUT2D eigenvalue weighted by molar-refractivity contribution is 5.80. The molecule has 0 spiro atoms. The minimum atomic E-state index is 0.218. The number of fused-ring (bicyclic) bond motifs is 1. The van der Waals surface area contributed by atoms with Gasteiger partial charge in [0.25, 0.3) is 0 Å². The molecule has 0 amide bonds. The van der Waals surface area contributed by atoms with Gasteiger partial charge in [0.2, 0.25) is 0 Å². The van der Waals surface area contributed by atoms with Crippen molar-refractivity contribution in [2.75, 3.05) is 6.54 Å². The average Bonchev–Trinajstić information content (AvgIpc) is 2.96. The van der Waals surface area contributed by atoms with Crippen molar-refractivity contribution in [3.05, 3.63) is 36.1 Å². The molecule has 0 radical (unpaired) electrons. The Morgan fingerprint density at radius 3 is 2.83 bits per heavy atom. The van der Waals surface area contributed by atoms with Crippen LogP contribution in [0.15, 0.2) is 34.9 Å². The van der Waals surface area contributed by atoms with E-state index in [1.54, 1.807) is 6.26 Å². The summed E-state index contributed by atoms with van der Waals surface area (Å²) in [5, 5.41) is 1.22. The summed E-state index contributed by atoms with van der Waals surface area (Å²) in [7, 11) is 0. The zero-order chi connectivity index (χ0) is 12.8. The predicted molar refractivity (Wildman–Crippen MR) is 74.6 cm³/mol. The van der Waals surface area contributed by atoms with Crippen LogP contribution in [0.2, 0.25) is 0 Å². The van der Waals surface area contributed by atoms with E-state index in [4.69, 9.17) is 4.42 Å². The van der Waals surface area contributed by atoms with Crippen LogP contribution in [0.1, 0.15) is 45.2 Å². The molecule has 2 aromatic rings. The van der Waals surface area contributed by atoms with E-state index in [2.05, 4.69) is 49.9 Å². The number of hydrogen-bond acceptors (Lipinski definition) is 2. The first kappa shape index (κ1) is 11.8. The van der Waals surface area contributed by atoms with Crippen LogP contribution in [-0.4, -0.2) is 17.0 Å². The second-order valence-corrected chi connectivity index (χ2v) is 6.21. The van der Waals surface area contributed by atoms with Gasteiger partial charge in [-0.1, -0.05) is 18.2 Å². The highest BCUT2D eigenvalue weighted by atomic mass is 16.3. The molecule has 2 heterocycles. The van der Waals surface area contributed by atoms with E-state index in [0.29, 0.717) is 6.04 Å². The van der Waals surface area contributed by atoms with Gasteiger partial charge < -0.3 is 4.42 Å². The van der Waals surface area contributed by atoms with Crippen molar-refractivity contribution in [2.45, 2.75) is 45.2 Å². The number of likely N-dealkylation sites (tertiary alicyclic amines) is 1. The summed E-state index contributed by atoms with van der Waals surface area (Å²) < 4.78 is 5.70. The van der Waals surface area contributed by atoms with Crippen LogP contribution in [0, 0.1) is 0 Å². The van der Waals surface area contributed by atoms with Gasteiger partial charge in [-0.3, -0.25) is 4.90 Å². The standard InChI is InChI=1S/C16H21NO/c1-16(2,3)17-10-5-8-14(17)13-7-4-6-12-9-11-18-15(12)13/h4,6-7,9,11,14H,5,8,10H2,1-3H3. The Bertz CT molecular complexity index is 549. The van der Waals surface area contributed by atoms with Gasteiger partial charge in [-0.05, 0) is 46.2 Å².